The van der Waals surface area contributed by atoms with Crippen molar-refractivity contribution < 1.29 is 13.2 Å². The van der Waals surface area contributed by atoms with E-state index in [4.69, 9.17) is 5.73 Å². The average Bonchev–Trinajstić information content (AvgIpc) is 3.46. The molecule has 0 aromatic heterocycles. The molecule has 0 bridgehead atoms. The first-order chi connectivity index (χ1) is 13.2. The lowest BCUT2D eigenvalue weighted by atomic mass is 10.0. The molecule has 1 aromatic carbocycles. The number of sulfonamides is 1. The van der Waals surface area contributed by atoms with Gasteiger partial charge in [-0.25, -0.2) is 8.42 Å². The van der Waals surface area contributed by atoms with E-state index in [2.05, 4.69) is 36.4 Å². The Bertz CT molecular complexity index is 783. The molecule has 0 spiro atoms. The number of likely N-dealkylation sites (tertiary alicyclic amines) is 1. The maximum atomic E-state index is 13.3. The van der Waals surface area contributed by atoms with Gasteiger partial charge in [0.1, 0.15) is 0 Å². The molecule has 1 amide bonds. The SMILES string of the molecule is CC(C)CC(N)C(=O)N1CCC(N(C2CC2)S(=O)(=O)c2ccccc2)CC1I. The third-order valence-corrected chi connectivity index (χ3v) is 8.62. The molecular formula is C20H30IN3O3S. The van der Waals surface area contributed by atoms with E-state index in [0.717, 1.165) is 12.8 Å². The third kappa shape index (κ3) is 4.88. The van der Waals surface area contributed by atoms with Gasteiger partial charge in [-0.05, 0) is 50.2 Å². The Morgan fingerprint density at radius 1 is 1.21 bits per heavy atom. The highest BCUT2D eigenvalue weighted by atomic mass is 127. The molecule has 2 aliphatic rings. The summed E-state index contributed by atoms with van der Waals surface area (Å²) in [4.78, 5) is 14.9. The van der Waals surface area contributed by atoms with Crippen molar-refractivity contribution in [2.45, 2.75) is 73.0 Å². The maximum Gasteiger partial charge on any atom is 0.243 e. The molecule has 1 aliphatic carbocycles. The van der Waals surface area contributed by atoms with Gasteiger partial charge in [0.15, 0.2) is 0 Å². The Morgan fingerprint density at radius 2 is 1.86 bits per heavy atom. The molecule has 1 aliphatic heterocycles. The molecule has 1 aromatic rings. The minimum absolute atomic E-state index is 0.0181. The first-order valence-electron chi connectivity index (χ1n) is 10.0. The first-order valence-corrected chi connectivity index (χ1v) is 12.7. The van der Waals surface area contributed by atoms with Gasteiger partial charge in [0.25, 0.3) is 0 Å². The predicted molar refractivity (Wildman–Crippen MR) is 118 cm³/mol. The number of benzene rings is 1. The van der Waals surface area contributed by atoms with E-state index in [1.165, 1.54) is 0 Å². The van der Waals surface area contributed by atoms with E-state index >= 15 is 0 Å². The summed E-state index contributed by atoms with van der Waals surface area (Å²) in [6.45, 7) is 4.67. The molecule has 3 rings (SSSR count). The lowest BCUT2D eigenvalue weighted by molar-refractivity contribution is -0.134. The molecule has 3 atom stereocenters. The molecule has 3 unspecified atom stereocenters. The van der Waals surface area contributed by atoms with E-state index in [1.807, 2.05) is 11.0 Å². The highest BCUT2D eigenvalue weighted by molar-refractivity contribution is 14.1. The highest BCUT2D eigenvalue weighted by Gasteiger charge is 2.45. The number of nitrogens with two attached hydrogens (primary N) is 1. The van der Waals surface area contributed by atoms with Crippen LogP contribution in [0.15, 0.2) is 35.2 Å². The molecule has 1 saturated heterocycles. The Balaban J connectivity index is 1.73. The van der Waals surface area contributed by atoms with Gasteiger partial charge in [0.2, 0.25) is 15.9 Å². The van der Waals surface area contributed by atoms with Crippen LogP contribution in [0.1, 0.15) is 46.0 Å². The molecule has 1 heterocycles. The second-order valence-corrected chi connectivity index (χ2v) is 11.5. The normalized spacial score (nSPS) is 24.6. The smallest absolute Gasteiger partial charge is 0.243 e. The Kier molecular flexibility index (Phi) is 7.05. The Labute approximate surface area is 182 Å². The van der Waals surface area contributed by atoms with Crippen molar-refractivity contribution in [3.8, 4) is 0 Å². The molecule has 2 N–H and O–H groups in total. The monoisotopic (exact) mass is 519 g/mol. The number of carbonyl (C=O) groups is 1. The summed E-state index contributed by atoms with van der Waals surface area (Å²) in [6.07, 6.45) is 3.79. The minimum atomic E-state index is -3.53. The molecule has 156 valence electrons. The quantitative estimate of drug-likeness (QED) is 0.341. The number of nitrogens with zero attached hydrogens (tertiary/aromatic N) is 2. The zero-order chi connectivity index (χ0) is 20.5. The highest BCUT2D eigenvalue weighted by Crippen LogP contribution is 2.38. The molecule has 28 heavy (non-hydrogen) atoms. The van der Waals surface area contributed by atoms with Gasteiger partial charge in [0, 0.05) is 18.6 Å². The predicted octanol–water partition coefficient (Wildman–Crippen LogP) is 2.97. The van der Waals surface area contributed by atoms with Gasteiger partial charge < -0.3 is 10.6 Å². The molecule has 0 radical (unpaired) electrons. The van der Waals surface area contributed by atoms with Gasteiger partial charge in [-0.15, -0.1) is 0 Å². The number of halogens is 1. The fourth-order valence-corrected chi connectivity index (χ4v) is 7.00. The Morgan fingerprint density at radius 3 is 2.39 bits per heavy atom. The van der Waals surface area contributed by atoms with Crippen LogP contribution < -0.4 is 5.73 Å². The minimum Gasteiger partial charge on any atom is -0.329 e. The van der Waals surface area contributed by atoms with Crippen molar-refractivity contribution in [1.82, 2.24) is 9.21 Å². The summed E-state index contributed by atoms with van der Waals surface area (Å²) in [5.41, 5.74) is 6.11. The van der Waals surface area contributed by atoms with Crippen molar-refractivity contribution in [2.24, 2.45) is 11.7 Å². The van der Waals surface area contributed by atoms with E-state index in [9.17, 15) is 13.2 Å². The van der Waals surface area contributed by atoms with Gasteiger partial charge in [-0.3, -0.25) is 4.79 Å². The van der Waals surface area contributed by atoms with Crippen LogP contribution >= 0.6 is 22.6 Å². The lowest BCUT2D eigenvalue weighted by Crippen LogP contribution is -2.55. The lowest BCUT2D eigenvalue weighted by Gasteiger charge is -2.42. The fourth-order valence-electron chi connectivity index (χ4n) is 3.93. The number of hydrogen-bond acceptors (Lipinski definition) is 4. The summed E-state index contributed by atoms with van der Waals surface area (Å²) in [5.74, 6) is 0.348. The van der Waals surface area contributed by atoms with Crippen molar-refractivity contribution in [2.75, 3.05) is 6.54 Å². The number of piperidine rings is 1. The fraction of sp³-hybridized carbons (Fsp3) is 0.650. The molecule has 1 saturated carbocycles. The second kappa shape index (κ2) is 8.97. The van der Waals surface area contributed by atoms with Gasteiger partial charge in [-0.1, -0.05) is 54.6 Å². The summed E-state index contributed by atoms with van der Waals surface area (Å²) in [6, 6.07) is 8.19. The van der Waals surface area contributed by atoms with Crippen LogP contribution in [-0.2, 0) is 14.8 Å². The van der Waals surface area contributed by atoms with Gasteiger partial charge in [0.05, 0.1) is 15.0 Å². The Hall–Kier alpha value is -0.710. The second-order valence-electron chi connectivity index (χ2n) is 8.26. The first kappa shape index (κ1) is 22.0. The van der Waals surface area contributed by atoms with Crippen LogP contribution in [-0.4, -0.2) is 52.2 Å². The number of rotatable bonds is 7. The van der Waals surface area contributed by atoms with E-state index in [0.29, 0.717) is 36.6 Å². The van der Waals surface area contributed by atoms with Gasteiger partial charge in [-0.2, -0.15) is 4.31 Å². The van der Waals surface area contributed by atoms with Crippen LogP contribution in [0.3, 0.4) is 0 Å². The third-order valence-electron chi connectivity index (χ3n) is 5.42. The molecule has 6 nitrogen and oxygen atoms in total. The van der Waals surface area contributed by atoms with Crippen LogP contribution in [0, 0.1) is 5.92 Å². The van der Waals surface area contributed by atoms with Crippen molar-refractivity contribution >= 4 is 38.5 Å². The van der Waals surface area contributed by atoms with Crippen molar-refractivity contribution in [3.05, 3.63) is 30.3 Å². The number of alkyl halides is 1. The van der Waals surface area contributed by atoms with Crippen LogP contribution in [0.4, 0.5) is 0 Å². The summed E-state index contributed by atoms with van der Waals surface area (Å²) in [5, 5.41) is 0. The van der Waals surface area contributed by atoms with E-state index in [1.54, 1.807) is 28.6 Å². The number of carbonyl (C=O) groups excluding carboxylic acids is 1. The average molecular weight is 519 g/mol. The van der Waals surface area contributed by atoms with Crippen LogP contribution in [0.2, 0.25) is 0 Å². The molecule has 2 fully saturated rings. The van der Waals surface area contributed by atoms with Crippen molar-refractivity contribution in [1.29, 1.82) is 0 Å². The van der Waals surface area contributed by atoms with E-state index < -0.39 is 16.1 Å². The van der Waals surface area contributed by atoms with E-state index in [-0.39, 0.29) is 22.0 Å². The zero-order valence-electron chi connectivity index (χ0n) is 16.5. The number of hydrogen-bond donors (Lipinski definition) is 1. The zero-order valence-corrected chi connectivity index (χ0v) is 19.5. The summed E-state index contributed by atoms with van der Waals surface area (Å²) in [7, 11) is -3.53. The topological polar surface area (TPSA) is 83.7 Å². The standard InChI is InChI=1S/C20H30IN3O3S/c1-14(2)12-18(22)20(25)23-11-10-16(13-19(23)21)24(15-8-9-15)28(26,27)17-6-4-3-5-7-17/h3-7,14-16,18-19H,8-13,22H2,1-2H3. The summed E-state index contributed by atoms with van der Waals surface area (Å²) < 4.78 is 28.3. The largest absolute Gasteiger partial charge is 0.329 e. The van der Waals surface area contributed by atoms with Gasteiger partial charge >= 0.3 is 0 Å². The molecular weight excluding hydrogens is 489 g/mol. The van der Waals surface area contributed by atoms with Crippen molar-refractivity contribution in [3.63, 3.8) is 0 Å². The maximum absolute atomic E-state index is 13.3. The number of amides is 1. The summed E-state index contributed by atoms with van der Waals surface area (Å²) >= 11 is 2.26. The van der Waals surface area contributed by atoms with Crippen LogP contribution in [0.25, 0.3) is 0 Å². The van der Waals surface area contributed by atoms with Crippen LogP contribution in [0.5, 0.6) is 0 Å². The molecule has 8 heteroatoms.